The average Bonchev–Trinajstić information content (AvgIpc) is 2.89. The number of carbonyl (C=O) groups excluding carboxylic acids is 2. The maximum atomic E-state index is 12.8. The second kappa shape index (κ2) is 9.44. The highest BCUT2D eigenvalue weighted by molar-refractivity contribution is 6.01. The van der Waals surface area contributed by atoms with Gasteiger partial charge in [-0.3, -0.25) is 9.59 Å². The summed E-state index contributed by atoms with van der Waals surface area (Å²) in [7, 11) is 0. The van der Waals surface area contributed by atoms with E-state index in [1.165, 1.54) is 31.4 Å². The number of hydrogen-bond donors (Lipinski definition) is 1. The van der Waals surface area contributed by atoms with Crippen molar-refractivity contribution in [3.8, 4) is 0 Å². The Morgan fingerprint density at radius 3 is 2.43 bits per heavy atom. The molecule has 0 bridgehead atoms. The summed E-state index contributed by atoms with van der Waals surface area (Å²) < 4.78 is 0. The van der Waals surface area contributed by atoms with E-state index in [0.717, 1.165) is 37.2 Å². The molecular formula is C23H35N3O2. The van der Waals surface area contributed by atoms with Gasteiger partial charge in [0.05, 0.1) is 5.92 Å². The van der Waals surface area contributed by atoms with Crippen molar-refractivity contribution in [3.63, 3.8) is 0 Å². The van der Waals surface area contributed by atoms with E-state index in [9.17, 15) is 9.59 Å². The van der Waals surface area contributed by atoms with Crippen LogP contribution in [0.4, 0.5) is 11.4 Å². The number of aryl methyl sites for hydroxylation is 1. The Morgan fingerprint density at radius 1 is 1.14 bits per heavy atom. The fourth-order valence-corrected chi connectivity index (χ4v) is 4.59. The van der Waals surface area contributed by atoms with Crippen LogP contribution in [0.3, 0.4) is 0 Å². The van der Waals surface area contributed by atoms with Crippen LogP contribution in [-0.2, 0) is 9.59 Å². The molecule has 5 heteroatoms. The summed E-state index contributed by atoms with van der Waals surface area (Å²) in [5.74, 6) is -0.127. The van der Waals surface area contributed by atoms with Crippen LogP contribution in [0.2, 0.25) is 0 Å². The molecular weight excluding hydrogens is 350 g/mol. The van der Waals surface area contributed by atoms with E-state index in [-0.39, 0.29) is 23.8 Å². The second-order valence-electron chi connectivity index (χ2n) is 8.25. The first-order valence-electron chi connectivity index (χ1n) is 11.0. The normalized spacial score (nSPS) is 20.9. The van der Waals surface area contributed by atoms with Crippen LogP contribution in [0.15, 0.2) is 18.2 Å². The molecule has 1 aliphatic carbocycles. The molecule has 2 aliphatic rings. The van der Waals surface area contributed by atoms with Crippen molar-refractivity contribution in [1.29, 1.82) is 0 Å². The molecule has 3 rings (SSSR count). The minimum Gasteiger partial charge on any atom is -0.372 e. The third-order valence-electron chi connectivity index (χ3n) is 6.30. The quantitative estimate of drug-likeness (QED) is 0.752. The lowest BCUT2D eigenvalue weighted by Gasteiger charge is -2.25. The third kappa shape index (κ3) is 4.68. The topological polar surface area (TPSA) is 52.6 Å². The number of rotatable bonds is 6. The lowest BCUT2D eigenvalue weighted by Crippen LogP contribution is -2.39. The molecule has 1 unspecified atom stereocenters. The van der Waals surface area contributed by atoms with Gasteiger partial charge >= 0.3 is 0 Å². The molecule has 0 radical (unpaired) electrons. The molecule has 1 aromatic carbocycles. The van der Waals surface area contributed by atoms with Gasteiger partial charge in [-0.05, 0) is 57.4 Å². The number of nitrogens with one attached hydrogen (secondary N) is 1. The standard InChI is InChI=1S/C23H35N3O2/c1-4-25(5-2)20-12-13-21(17(3)14-20)26-16-18(15-22(26)27)23(28)24-19-10-8-6-7-9-11-19/h12-14,18-19H,4-11,15-16H2,1-3H3,(H,24,28). The minimum absolute atomic E-state index is 0.0553. The Balaban J connectivity index is 1.66. The van der Waals surface area contributed by atoms with Crippen LogP contribution < -0.4 is 15.1 Å². The van der Waals surface area contributed by atoms with Crippen molar-refractivity contribution in [2.24, 2.45) is 5.92 Å². The van der Waals surface area contributed by atoms with Crippen molar-refractivity contribution in [2.75, 3.05) is 29.4 Å². The van der Waals surface area contributed by atoms with Crippen LogP contribution in [-0.4, -0.2) is 37.5 Å². The van der Waals surface area contributed by atoms with Crippen LogP contribution in [0.25, 0.3) is 0 Å². The van der Waals surface area contributed by atoms with Crippen LogP contribution in [0.5, 0.6) is 0 Å². The van der Waals surface area contributed by atoms with Gasteiger partial charge in [-0.25, -0.2) is 0 Å². The lowest BCUT2D eigenvalue weighted by atomic mass is 10.0. The molecule has 1 saturated carbocycles. The zero-order valence-corrected chi connectivity index (χ0v) is 17.7. The minimum atomic E-state index is -0.238. The molecule has 28 heavy (non-hydrogen) atoms. The number of hydrogen-bond acceptors (Lipinski definition) is 3. The largest absolute Gasteiger partial charge is 0.372 e. The molecule has 1 aliphatic heterocycles. The molecule has 1 N–H and O–H groups in total. The summed E-state index contributed by atoms with van der Waals surface area (Å²) in [5, 5.41) is 3.22. The smallest absolute Gasteiger partial charge is 0.227 e. The SMILES string of the molecule is CCN(CC)c1ccc(N2CC(C(=O)NC3CCCCCC3)CC2=O)c(C)c1. The van der Waals surface area contributed by atoms with E-state index >= 15 is 0 Å². The summed E-state index contributed by atoms with van der Waals surface area (Å²) in [5.41, 5.74) is 3.20. The van der Waals surface area contributed by atoms with E-state index in [0.29, 0.717) is 13.0 Å². The van der Waals surface area contributed by atoms with Crippen molar-refractivity contribution in [1.82, 2.24) is 5.32 Å². The summed E-state index contributed by atoms with van der Waals surface area (Å²) in [4.78, 5) is 29.5. The Hall–Kier alpha value is -2.04. The Labute approximate surface area is 169 Å². The van der Waals surface area contributed by atoms with Gasteiger partial charge in [-0.15, -0.1) is 0 Å². The Kier molecular flexibility index (Phi) is 6.97. The highest BCUT2D eigenvalue weighted by Crippen LogP contribution is 2.31. The Bertz CT molecular complexity index is 691. The molecule has 1 saturated heterocycles. The summed E-state index contributed by atoms with van der Waals surface area (Å²) in [6.45, 7) is 8.75. The number of carbonyl (C=O) groups is 2. The highest BCUT2D eigenvalue weighted by atomic mass is 16.2. The summed E-state index contributed by atoms with van der Waals surface area (Å²) in [6, 6.07) is 6.55. The maximum absolute atomic E-state index is 12.8. The van der Waals surface area contributed by atoms with Crippen LogP contribution >= 0.6 is 0 Å². The zero-order chi connectivity index (χ0) is 20.1. The summed E-state index contributed by atoms with van der Waals surface area (Å²) in [6.07, 6.45) is 7.38. The van der Waals surface area contributed by atoms with Gasteiger partial charge < -0.3 is 15.1 Å². The van der Waals surface area contributed by atoms with E-state index in [1.54, 1.807) is 4.90 Å². The predicted molar refractivity (Wildman–Crippen MR) is 115 cm³/mol. The number of amides is 2. The zero-order valence-electron chi connectivity index (χ0n) is 17.7. The van der Waals surface area contributed by atoms with Gasteiger partial charge in [0, 0.05) is 43.5 Å². The first kappa shape index (κ1) is 20.7. The first-order valence-corrected chi connectivity index (χ1v) is 11.0. The van der Waals surface area contributed by atoms with Gasteiger partial charge in [0.1, 0.15) is 0 Å². The Morgan fingerprint density at radius 2 is 1.82 bits per heavy atom. The van der Waals surface area contributed by atoms with E-state index in [2.05, 4.69) is 43.1 Å². The van der Waals surface area contributed by atoms with Crippen LogP contribution in [0.1, 0.15) is 64.4 Å². The molecule has 1 atom stereocenters. The molecule has 1 heterocycles. The monoisotopic (exact) mass is 385 g/mol. The van der Waals surface area contributed by atoms with Gasteiger partial charge in [0.25, 0.3) is 0 Å². The van der Waals surface area contributed by atoms with Gasteiger partial charge in [-0.1, -0.05) is 25.7 Å². The maximum Gasteiger partial charge on any atom is 0.227 e. The van der Waals surface area contributed by atoms with Crippen molar-refractivity contribution < 1.29 is 9.59 Å². The molecule has 2 fully saturated rings. The lowest BCUT2D eigenvalue weighted by molar-refractivity contribution is -0.127. The fourth-order valence-electron chi connectivity index (χ4n) is 4.59. The van der Waals surface area contributed by atoms with Crippen molar-refractivity contribution >= 4 is 23.2 Å². The second-order valence-corrected chi connectivity index (χ2v) is 8.25. The van der Waals surface area contributed by atoms with E-state index in [4.69, 9.17) is 0 Å². The molecule has 0 spiro atoms. The van der Waals surface area contributed by atoms with Crippen LogP contribution in [0, 0.1) is 12.8 Å². The molecule has 2 amide bonds. The average molecular weight is 386 g/mol. The molecule has 0 aromatic heterocycles. The first-order chi connectivity index (χ1) is 13.5. The fraction of sp³-hybridized carbons (Fsp3) is 0.652. The number of benzene rings is 1. The van der Waals surface area contributed by atoms with Crippen molar-refractivity contribution in [2.45, 2.75) is 71.8 Å². The van der Waals surface area contributed by atoms with E-state index < -0.39 is 0 Å². The number of anilines is 2. The van der Waals surface area contributed by atoms with Gasteiger partial charge in [-0.2, -0.15) is 0 Å². The van der Waals surface area contributed by atoms with E-state index in [1.807, 2.05) is 6.07 Å². The van der Waals surface area contributed by atoms with Crippen molar-refractivity contribution in [3.05, 3.63) is 23.8 Å². The van der Waals surface area contributed by atoms with Gasteiger partial charge in [0.15, 0.2) is 0 Å². The molecule has 154 valence electrons. The molecule has 5 nitrogen and oxygen atoms in total. The molecule has 1 aromatic rings. The highest BCUT2D eigenvalue weighted by Gasteiger charge is 2.36. The third-order valence-corrected chi connectivity index (χ3v) is 6.30. The predicted octanol–water partition coefficient (Wildman–Crippen LogP) is 4.03. The number of nitrogens with zero attached hydrogens (tertiary/aromatic N) is 2. The van der Waals surface area contributed by atoms with Gasteiger partial charge in [0.2, 0.25) is 11.8 Å². The summed E-state index contributed by atoms with van der Waals surface area (Å²) >= 11 is 0.